The van der Waals surface area contributed by atoms with E-state index in [0.29, 0.717) is 0 Å². The standard InChI is InChI=1S/Bi.NO3.5H/c;2-1(3)4;;;;;/q+3;6*-1. The molecule has 0 rings (SSSR count). The minimum Gasteiger partial charge on any atom is -1.00 e. The molecule has 0 fully saturated rings. The molecule has 5 heteroatoms. The van der Waals surface area contributed by atoms with Crippen molar-refractivity contribution in [1.29, 1.82) is 0 Å². The first-order chi connectivity index (χ1) is 1.73. The van der Waals surface area contributed by atoms with E-state index < -0.39 is 5.09 Å². The van der Waals surface area contributed by atoms with E-state index in [1.54, 1.807) is 0 Å². The Kier molecular flexibility index (Phi) is 7.28. The summed E-state index contributed by atoms with van der Waals surface area (Å²) in [6.07, 6.45) is 0. The van der Waals surface area contributed by atoms with Crippen LogP contribution in [0.3, 0.4) is 0 Å². The van der Waals surface area contributed by atoms with Crippen molar-refractivity contribution in [3.8, 4) is 0 Å². The van der Waals surface area contributed by atoms with Crippen molar-refractivity contribution in [3.05, 3.63) is 15.3 Å². The van der Waals surface area contributed by atoms with Crippen LogP contribution in [0.1, 0.15) is 7.13 Å². The summed E-state index contributed by atoms with van der Waals surface area (Å²) in [7, 11) is 0. The third kappa shape index (κ3) is 2560. The van der Waals surface area contributed by atoms with Gasteiger partial charge < -0.3 is 22.5 Å². The minimum atomic E-state index is -1.75. The summed E-state index contributed by atoms with van der Waals surface area (Å²) in [6, 6.07) is 0. The van der Waals surface area contributed by atoms with Crippen LogP contribution < -0.4 is 0 Å². The van der Waals surface area contributed by atoms with Crippen molar-refractivity contribution < 1.29 is 12.2 Å². The van der Waals surface area contributed by atoms with Crippen LogP contribution >= 0.6 is 0 Å². The summed E-state index contributed by atoms with van der Waals surface area (Å²) in [5, 5.41) is 14.8. The topological polar surface area (TPSA) is 66.2 Å². The van der Waals surface area contributed by atoms with Crippen LogP contribution in [0.2, 0.25) is 0 Å². The maximum absolute atomic E-state index is 8.25. The molecule has 36 valence electrons. The van der Waals surface area contributed by atoms with Gasteiger partial charge in [-0.1, -0.05) is 0 Å². The molecule has 0 heterocycles. The summed E-state index contributed by atoms with van der Waals surface area (Å²) < 4.78 is 0. The molecule has 0 bridgehead atoms. The van der Waals surface area contributed by atoms with Crippen molar-refractivity contribution in [2.75, 3.05) is 0 Å². The fourth-order valence-corrected chi connectivity index (χ4v) is 0. The largest absolute Gasteiger partial charge is 3.00 e. The molecule has 0 unspecified atom stereocenters. The zero-order chi connectivity index (χ0) is 3.58. The minimum absolute atomic E-state index is 0. The molecule has 0 aliphatic rings. The Balaban J connectivity index is -0.00000000300. The van der Waals surface area contributed by atoms with Gasteiger partial charge in [0.25, 0.3) is 0 Å². The quantitative estimate of drug-likeness (QED) is 0.354. The SMILES string of the molecule is O=[N+]([O-])[O-].[Bi+3].[H-].[H-].[H-].[H-].[H-]. The van der Waals surface area contributed by atoms with Crippen LogP contribution in [0.4, 0.5) is 0 Å². The molecule has 0 atom stereocenters. The molecule has 0 saturated heterocycles. The van der Waals surface area contributed by atoms with Gasteiger partial charge in [-0.05, 0) is 0 Å². The second-order valence-electron chi connectivity index (χ2n) is 0.224. The van der Waals surface area contributed by atoms with E-state index in [-0.39, 0.29) is 33.3 Å². The van der Waals surface area contributed by atoms with Crippen LogP contribution in [-0.2, 0) is 0 Å². The van der Waals surface area contributed by atoms with E-state index in [4.69, 9.17) is 15.3 Å². The Morgan fingerprint density at radius 1 is 1.60 bits per heavy atom. The molecule has 0 spiro atoms. The van der Waals surface area contributed by atoms with E-state index in [0.717, 1.165) is 0 Å². The van der Waals surface area contributed by atoms with Gasteiger partial charge >= 0.3 is 26.2 Å². The molecule has 0 aromatic rings. The molecular formula is H5BiNO3-3. The Morgan fingerprint density at radius 2 is 1.60 bits per heavy atom. The van der Waals surface area contributed by atoms with Crippen molar-refractivity contribution in [1.82, 2.24) is 0 Å². The normalized spacial score (nSPS) is 4.80. The maximum atomic E-state index is 8.25. The smallest absolute Gasteiger partial charge is 1.00 e. The van der Waals surface area contributed by atoms with E-state index in [1.165, 1.54) is 0 Å². The van der Waals surface area contributed by atoms with Crippen LogP contribution in [0.15, 0.2) is 0 Å². The van der Waals surface area contributed by atoms with Gasteiger partial charge in [0.15, 0.2) is 0 Å². The molecule has 2 radical (unpaired) electrons. The van der Waals surface area contributed by atoms with Gasteiger partial charge in [0.2, 0.25) is 0 Å². The molecule has 0 aliphatic carbocycles. The first-order valence-corrected chi connectivity index (χ1v) is 0.548. The Hall–Kier alpha value is 0.0831. The third-order valence-corrected chi connectivity index (χ3v) is 0. The maximum Gasteiger partial charge on any atom is 3.00 e. The zero-order valence-electron chi connectivity index (χ0n) is 7.12. The summed E-state index contributed by atoms with van der Waals surface area (Å²) in [5.41, 5.74) is 0. The van der Waals surface area contributed by atoms with Crippen LogP contribution in [-0.4, -0.2) is 31.3 Å². The van der Waals surface area contributed by atoms with Crippen LogP contribution in [0, 0.1) is 15.3 Å². The van der Waals surface area contributed by atoms with Crippen LogP contribution in [0.5, 0.6) is 0 Å². The summed E-state index contributed by atoms with van der Waals surface area (Å²) in [5.74, 6) is 0. The first-order valence-electron chi connectivity index (χ1n) is 0.548. The summed E-state index contributed by atoms with van der Waals surface area (Å²) in [6.45, 7) is 0. The number of nitrogens with zero attached hydrogens (tertiary/aromatic N) is 1. The van der Waals surface area contributed by atoms with Gasteiger partial charge in [-0.15, -0.1) is 0 Å². The second-order valence-corrected chi connectivity index (χ2v) is 0.224. The molecular weight excluding hydrogens is 271 g/mol. The molecule has 0 amide bonds. The monoisotopic (exact) mass is 276 g/mol. The van der Waals surface area contributed by atoms with Gasteiger partial charge in [0.05, 0.1) is 5.09 Å². The molecule has 0 N–H and O–H groups in total. The van der Waals surface area contributed by atoms with Crippen molar-refractivity contribution >= 4 is 26.2 Å². The third-order valence-electron chi connectivity index (χ3n) is 0. The molecule has 0 aliphatic heterocycles. The average Bonchev–Trinajstić information content (AvgIpc) is 0.811. The number of hydrogen-bond donors (Lipinski definition) is 0. The van der Waals surface area contributed by atoms with E-state index in [9.17, 15) is 0 Å². The summed E-state index contributed by atoms with van der Waals surface area (Å²) >= 11 is 0. The number of rotatable bonds is 0. The fourth-order valence-electron chi connectivity index (χ4n) is 0. The van der Waals surface area contributed by atoms with Crippen molar-refractivity contribution in [2.45, 2.75) is 0 Å². The Labute approximate surface area is 54.4 Å². The van der Waals surface area contributed by atoms with Gasteiger partial charge in [-0.3, -0.25) is 0 Å². The first kappa shape index (κ1) is 8.92. The second kappa shape index (κ2) is 4.08. The van der Waals surface area contributed by atoms with E-state index >= 15 is 0 Å². The average molecular weight is 276 g/mol. The van der Waals surface area contributed by atoms with Gasteiger partial charge in [0.1, 0.15) is 0 Å². The van der Waals surface area contributed by atoms with Gasteiger partial charge in [-0.25, -0.2) is 0 Å². The Bertz CT molecular complexity index is 39.9. The molecule has 0 aromatic heterocycles. The molecule has 0 saturated carbocycles. The van der Waals surface area contributed by atoms with Crippen LogP contribution in [0.25, 0.3) is 0 Å². The predicted molar refractivity (Wildman–Crippen MR) is 21.7 cm³/mol. The zero-order valence-corrected chi connectivity index (χ0v) is 5.60. The summed E-state index contributed by atoms with van der Waals surface area (Å²) in [4.78, 5) is 8.25. The van der Waals surface area contributed by atoms with E-state index in [1.807, 2.05) is 0 Å². The van der Waals surface area contributed by atoms with Gasteiger partial charge in [-0.2, -0.15) is 0 Å². The predicted octanol–water partition coefficient (Wildman–Crippen LogP) is -0.0574. The molecule has 4 nitrogen and oxygen atoms in total. The van der Waals surface area contributed by atoms with Crippen molar-refractivity contribution in [3.63, 3.8) is 0 Å². The van der Waals surface area contributed by atoms with Crippen molar-refractivity contribution in [2.24, 2.45) is 0 Å². The Morgan fingerprint density at radius 3 is 1.60 bits per heavy atom. The van der Waals surface area contributed by atoms with Gasteiger partial charge in [0, 0.05) is 0 Å². The number of hydrogen-bond acceptors (Lipinski definition) is 3. The molecule has 5 heavy (non-hydrogen) atoms. The van der Waals surface area contributed by atoms with E-state index in [2.05, 4.69) is 0 Å². The fraction of sp³-hybridized carbons (Fsp3) is 0. The molecule has 0 aromatic carbocycles.